The Labute approximate surface area is 326 Å². The lowest BCUT2D eigenvalue weighted by atomic mass is 9.90. The zero-order valence-electron chi connectivity index (χ0n) is 30.4. The summed E-state index contributed by atoms with van der Waals surface area (Å²) in [5.41, 5.74) is 18.3. The predicted octanol–water partition coefficient (Wildman–Crippen LogP) is 15.2. The average molecular weight is 715 g/mol. The van der Waals surface area contributed by atoms with Gasteiger partial charge >= 0.3 is 0 Å². The maximum absolute atomic E-state index is 6.66. The Bertz CT molecular complexity index is 2740. The second-order valence-corrected chi connectivity index (χ2v) is 14.4. The fourth-order valence-electron chi connectivity index (χ4n) is 8.30. The second kappa shape index (κ2) is 13.2. The molecule has 262 valence electrons. The third-order valence-corrected chi connectivity index (χ3v) is 11.1. The summed E-state index contributed by atoms with van der Waals surface area (Å²) in [6.45, 7) is 0. The summed E-state index contributed by atoms with van der Waals surface area (Å²) in [6, 6.07) is 73.3. The predicted molar refractivity (Wildman–Crippen MR) is 230 cm³/mol. The van der Waals surface area contributed by atoms with Gasteiger partial charge in [0.2, 0.25) is 0 Å². The van der Waals surface area contributed by atoms with Gasteiger partial charge in [0.05, 0.1) is 0 Å². The van der Waals surface area contributed by atoms with E-state index in [0.717, 1.165) is 78.6 Å². The van der Waals surface area contributed by atoms with Gasteiger partial charge in [0.1, 0.15) is 23.0 Å². The summed E-state index contributed by atoms with van der Waals surface area (Å²) >= 11 is 0. The first-order chi connectivity index (χ1) is 27.7. The zero-order chi connectivity index (χ0) is 37.0. The molecule has 56 heavy (non-hydrogen) atoms. The van der Waals surface area contributed by atoms with E-state index in [4.69, 9.17) is 9.47 Å². The maximum Gasteiger partial charge on any atom is 0.135 e. The fraction of sp³-hybridized carbons (Fsp3) is 0. The molecule has 2 aliphatic heterocycles. The maximum atomic E-state index is 6.66. The molecule has 0 atom stereocenters. The van der Waals surface area contributed by atoms with Crippen LogP contribution in [0.2, 0.25) is 0 Å². The van der Waals surface area contributed by atoms with Crippen molar-refractivity contribution < 1.29 is 9.47 Å². The molecule has 0 N–H and O–H groups in total. The Balaban J connectivity index is 0.930. The van der Waals surface area contributed by atoms with Gasteiger partial charge in [0, 0.05) is 22.3 Å². The average Bonchev–Trinajstić information content (AvgIpc) is 3.50. The van der Waals surface area contributed by atoms with Gasteiger partial charge in [-0.1, -0.05) is 158 Å². The van der Waals surface area contributed by atoms with E-state index in [1.807, 2.05) is 0 Å². The van der Waals surface area contributed by atoms with Gasteiger partial charge in [-0.2, -0.15) is 0 Å². The third kappa shape index (κ3) is 5.51. The van der Waals surface area contributed by atoms with Crippen molar-refractivity contribution in [2.45, 2.75) is 0 Å². The van der Waals surface area contributed by atoms with Crippen LogP contribution in [-0.2, 0) is 0 Å². The smallest absolute Gasteiger partial charge is 0.135 e. The molecule has 0 aliphatic carbocycles. The highest BCUT2D eigenvalue weighted by atomic mass is 16.5. The first-order valence-corrected chi connectivity index (χ1v) is 19.1. The molecule has 0 fully saturated rings. The molecule has 9 aromatic carbocycles. The summed E-state index contributed by atoms with van der Waals surface area (Å²) < 4.78 is 13.3. The number of ether oxygens (including phenoxy) is 2. The minimum Gasteiger partial charge on any atom is -0.456 e. The van der Waals surface area contributed by atoms with Crippen LogP contribution in [0.1, 0.15) is 0 Å². The SMILES string of the molecule is c1ccc(-c2ccc3c(c2)-c2ccccc2-c2cc(-c4ccc(-c5ccc6c(c5)-c5ccccc5-c5cc(-c7ccccc7)ccc5O6)cc4)ccc2O3)cc1. The van der Waals surface area contributed by atoms with Crippen molar-refractivity contribution >= 4 is 0 Å². The number of fused-ring (bicyclic) bond motifs is 10. The minimum absolute atomic E-state index is 0.856. The lowest BCUT2D eigenvalue weighted by molar-refractivity contribution is 0.487. The van der Waals surface area contributed by atoms with Crippen LogP contribution in [0.3, 0.4) is 0 Å². The Morgan fingerprint density at radius 1 is 0.179 bits per heavy atom. The van der Waals surface area contributed by atoms with E-state index in [0.29, 0.717) is 0 Å². The normalized spacial score (nSPS) is 11.9. The molecular formula is C54H34O2. The van der Waals surface area contributed by atoms with Crippen LogP contribution in [0.4, 0.5) is 0 Å². The standard InChI is InChI=1S/C54H34O2/c1-3-11-35(12-4-1)39-23-27-51-47(31-39)43-15-7-9-17-45(43)49-33-41(25-29-53(49)55-51)37-19-21-38(22-20-37)42-26-30-54-50(34-42)46-18-10-8-16-44(46)48-32-40(24-28-52(48)56-54)36-13-5-2-6-14-36/h1-34H. The van der Waals surface area contributed by atoms with E-state index in [1.54, 1.807) is 0 Å². The molecule has 9 aromatic rings. The first-order valence-electron chi connectivity index (χ1n) is 19.1. The molecule has 0 saturated carbocycles. The van der Waals surface area contributed by atoms with Crippen molar-refractivity contribution in [2.75, 3.05) is 0 Å². The number of rotatable bonds is 4. The van der Waals surface area contributed by atoms with Crippen LogP contribution in [0.25, 0.3) is 89.0 Å². The van der Waals surface area contributed by atoms with Crippen molar-refractivity contribution in [1.82, 2.24) is 0 Å². The lowest BCUT2D eigenvalue weighted by Gasteiger charge is -2.13. The molecule has 2 aliphatic rings. The van der Waals surface area contributed by atoms with E-state index < -0.39 is 0 Å². The summed E-state index contributed by atoms with van der Waals surface area (Å²) in [4.78, 5) is 0. The number of benzene rings is 9. The highest BCUT2D eigenvalue weighted by molar-refractivity contribution is 5.95. The van der Waals surface area contributed by atoms with Crippen LogP contribution in [0, 0.1) is 0 Å². The van der Waals surface area contributed by atoms with Crippen LogP contribution in [0.5, 0.6) is 23.0 Å². The number of hydrogen-bond donors (Lipinski definition) is 0. The van der Waals surface area contributed by atoms with Gasteiger partial charge < -0.3 is 9.47 Å². The van der Waals surface area contributed by atoms with Crippen molar-refractivity contribution in [3.05, 3.63) is 206 Å². The largest absolute Gasteiger partial charge is 0.456 e. The van der Waals surface area contributed by atoms with Gasteiger partial charge in [-0.05, 0) is 115 Å². The van der Waals surface area contributed by atoms with E-state index in [1.165, 1.54) is 33.4 Å². The fourth-order valence-corrected chi connectivity index (χ4v) is 8.30. The number of hydrogen-bond acceptors (Lipinski definition) is 2. The summed E-state index contributed by atoms with van der Waals surface area (Å²) in [5, 5.41) is 0. The molecule has 0 saturated heterocycles. The van der Waals surface area contributed by atoms with E-state index in [-0.39, 0.29) is 0 Å². The van der Waals surface area contributed by atoms with Crippen molar-refractivity contribution in [1.29, 1.82) is 0 Å². The van der Waals surface area contributed by atoms with Crippen molar-refractivity contribution in [3.8, 4) is 112 Å². The Kier molecular flexibility index (Phi) is 7.53. The highest BCUT2D eigenvalue weighted by Crippen LogP contribution is 2.50. The zero-order valence-corrected chi connectivity index (χ0v) is 30.4. The van der Waals surface area contributed by atoms with Crippen LogP contribution < -0.4 is 9.47 Å². The highest BCUT2D eigenvalue weighted by Gasteiger charge is 2.24. The Morgan fingerprint density at radius 2 is 0.411 bits per heavy atom. The molecule has 0 bridgehead atoms. The van der Waals surface area contributed by atoms with Crippen LogP contribution in [0.15, 0.2) is 206 Å². The molecule has 0 unspecified atom stereocenters. The molecule has 2 nitrogen and oxygen atoms in total. The van der Waals surface area contributed by atoms with Gasteiger partial charge in [0.25, 0.3) is 0 Å². The second-order valence-electron chi connectivity index (χ2n) is 14.4. The van der Waals surface area contributed by atoms with Gasteiger partial charge in [-0.15, -0.1) is 0 Å². The molecule has 0 radical (unpaired) electrons. The van der Waals surface area contributed by atoms with E-state index in [9.17, 15) is 0 Å². The minimum atomic E-state index is 0.856. The third-order valence-electron chi connectivity index (χ3n) is 11.1. The van der Waals surface area contributed by atoms with Crippen molar-refractivity contribution in [3.63, 3.8) is 0 Å². The van der Waals surface area contributed by atoms with Crippen molar-refractivity contribution in [2.24, 2.45) is 0 Å². The lowest BCUT2D eigenvalue weighted by Crippen LogP contribution is -1.89. The summed E-state index contributed by atoms with van der Waals surface area (Å²) in [7, 11) is 0. The Morgan fingerprint density at radius 3 is 0.696 bits per heavy atom. The first kappa shape index (κ1) is 32.0. The summed E-state index contributed by atoms with van der Waals surface area (Å²) in [6.07, 6.45) is 0. The molecule has 11 rings (SSSR count). The summed E-state index contributed by atoms with van der Waals surface area (Å²) in [5.74, 6) is 3.44. The van der Waals surface area contributed by atoms with Gasteiger partial charge in [-0.25, -0.2) is 0 Å². The van der Waals surface area contributed by atoms with Crippen LogP contribution in [-0.4, -0.2) is 0 Å². The molecule has 2 heterocycles. The molecule has 0 aromatic heterocycles. The van der Waals surface area contributed by atoms with Gasteiger partial charge in [0.15, 0.2) is 0 Å². The van der Waals surface area contributed by atoms with Crippen LogP contribution >= 0.6 is 0 Å². The monoisotopic (exact) mass is 714 g/mol. The quantitative estimate of drug-likeness (QED) is 0.181. The Hall–Kier alpha value is -7.42. The van der Waals surface area contributed by atoms with Gasteiger partial charge in [-0.3, -0.25) is 0 Å². The molecule has 2 heteroatoms. The molecular weight excluding hydrogens is 681 g/mol. The topological polar surface area (TPSA) is 18.5 Å². The van der Waals surface area contributed by atoms with E-state index in [2.05, 4.69) is 206 Å². The molecule has 0 spiro atoms. The van der Waals surface area contributed by atoms with E-state index >= 15 is 0 Å². The molecule has 0 amide bonds.